The highest BCUT2D eigenvalue weighted by atomic mass is 16.5. The standard InChI is InChI=1S/C30H26N2O5/c1-30(2)24-11-7-8-12-25(24)31(3)26(30)16-21(33)18-37-29(36)20-13-14-22-23(15-20)28(35)32(27(22)34)17-19-9-5-4-6-10-19/h4-16H,17-18H2,1-3H3. The summed E-state index contributed by atoms with van der Waals surface area (Å²) in [5.74, 6) is -1.96. The Kier molecular flexibility index (Phi) is 5.99. The van der Waals surface area contributed by atoms with E-state index in [0.717, 1.165) is 27.4 Å². The van der Waals surface area contributed by atoms with Crippen molar-refractivity contribution in [3.05, 3.63) is 112 Å². The van der Waals surface area contributed by atoms with Gasteiger partial charge in [0.05, 0.1) is 23.2 Å². The summed E-state index contributed by atoms with van der Waals surface area (Å²) in [6.07, 6.45) is 1.51. The average molecular weight is 495 g/mol. The van der Waals surface area contributed by atoms with Crippen LogP contribution in [0.1, 0.15) is 56.0 Å². The fraction of sp³-hybridized carbons (Fsp3) is 0.200. The number of ketones is 1. The number of carbonyl (C=O) groups excluding carboxylic acids is 4. The molecule has 2 aliphatic rings. The molecule has 5 rings (SSSR count). The molecule has 0 aliphatic carbocycles. The highest BCUT2D eigenvalue weighted by Gasteiger charge is 2.39. The number of allylic oxidation sites excluding steroid dienone is 1. The molecule has 3 aromatic carbocycles. The maximum absolute atomic E-state index is 12.9. The number of hydrogen-bond donors (Lipinski definition) is 0. The predicted octanol–water partition coefficient (Wildman–Crippen LogP) is 4.52. The minimum absolute atomic E-state index is 0.104. The van der Waals surface area contributed by atoms with Crippen molar-refractivity contribution in [3.8, 4) is 0 Å². The fourth-order valence-electron chi connectivity index (χ4n) is 5.00. The lowest BCUT2D eigenvalue weighted by Crippen LogP contribution is -2.29. The third kappa shape index (κ3) is 4.22. The third-order valence-electron chi connectivity index (χ3n) is 6.97. The van der Waals surface area contributed by atoms with Crippen LogP contribution in [0.5, 0.6) is 0 Å². The van der Waals surface area contributed by atoms with Gasteiger partial charge in [0.15, 0.2) is 12.4 Å². The summed E-state index contributed by atoms with van der Waals surface area (Å²) in [7, 11) is 1.91. The Balaban J connectivity index is 1.27. The lowest BCUT2D eigenvalue weighted by Gasteiger charge is -2.23. The minimum atomic E-state index is -0.737. The van der Waals surface area contributed by atoms with E-state index in [4.69, 9.17) is 4.74 Å². The number of anilines is 1. The number of rotatable bonds is 6. The number of benzene rings is 3. The highest BCUT2D eigenvalue weighted by Crippen LogP contribution is 2.46. The first-order chi connectivity index (χ1) is 17.7. The number of fused-ring (bicyclic) bond motifs is 2. The van der Waals surface area contributed by atoms with Gasteiger partial charge in [-0.1, -0.05) is 62.4 Å². The second kappa shape index (κ2) is 9.17. The fourth-order valence-corrected chi connectivity index (χ4v) is 5.00. The van der Waals surface area contributed by atoms with Crippen LogP contribution < -0.4 is 4.90 Å². The van der Waals surface area contributed by atoms with Crippen LogP contribution in [0.4, 0.5) is 5.69 Å². The van der Waals surface area contributed by atoms with E-state index in [2.05, 4.69) is 0 Å². The van der Waals surface area contributed by atoms with Crippen LogP contribution in [0.2, 0.25) is 0 Å². The Labute approximate surface area is 215 Å². The van der Waals surface area contributed by atoms with Crippen molar-refractivity contribution in [2.24, 2.45) is 0 Å². The molecule has 0 atom stereocenters. The van der Waals surface area contributed by atoms with Gasteiger partial charge in [-0.2, -0.15) is 0 Å². The SMILES string of the molecule is CN1C(=CC(=O)COC(=O)c2ccc3c(c2)C(=O)N(Cc2ccccc2)C3=O)C(C)(C)c2ccccc21. The molecule has 7 nitrogen and oxygen atoms in total. The van der Waals surface area contributed by atoms with Crippen molar-refractivity contribution in [1.82, 2.24) is 4.90 Å². The molecule has 2 aliphatic heterocycles. The average Bonchev–Trinajstić information content (AvgIpc) is 3.25. The minimum Gasteiger partial charge on any atom is -0.454 e. The lowest BCUT2D eigenvalue weighted by atomic mass is 9.83. The first kappa shape index (κ1) is 24.2. The van der Waals surface area contributed by atoms with Gasteiger partial charge in [-0.15, -0.1) is 0 Å². The van der Waals surface area contributed by atoms with Gasteiger partial charge in [-0.05, 0) is 35.4 Å². The monoisotopic (exact) mass is 494 g/mol. The summed E-state index contributed by atoms with van der Waals surface area (Å²) in [5, 5.41) is 0. The zero-order chi connectivity index (χ0) is 26.3. The maximum atomic E-state index is 12.9. The second-order valence-corrected chi connectivity index (χ2v) is 9.72. The predicted molar refractivity (Wildman–Crippen MR) is 138 cm³/mol. The van der Waals surface area contributed by atoms with Gasteiger partial charge in [0.1, 0.15) is 0 Å². The van der Waals surface area contributed by atoms with Gasteiger partial charge < -0.3 is 9.64 Å². The molecule has 186 valence electrons. The summed E-state index contributed by atoms with van der Waals surface area (Å²) in [4.78, 5) is 54.2. The molecule has 2 heterocycles. The molecular weight excluding hydrogens is 468 g/mol. The van der Waals surface area contributed by atoms with Gasteiger partial charge in [-0.25, -0.2) is 4.79 Å². The summed E-state index contributed by atoms with van der Waals surface area (Å²) in [6.45, 7) is 3.80. The molecule has 2 amide bonds. The summed E-state index contributed by atoms with van der Waals surface area (Å²) < 4.78 is 5.26. The van der Waals surface area contributed by atoms with E-state index < -0.39 is 24.4 Å². The zero-order valence-electron chi connectivity index (χ0n) is 20.9. The molecule has 7 heteroatoms. The molecule has 0 aromatic heterocycles. The smallest absolute Gasteiger partial charge is 0.338 e. The van der Waals surface area contributed by atoms with Crippen molar-refractivity contribution >= 4 is 29.3 Å². The van der Waals surface area contributed by atoms with Crippen LogP contribution in [0.15, 0.2) is 84.6 Å². The molecule has 0 saturated heterocycles. The molecule has 0 radical (unpaired) electrons. The van der Waals surface area contributed by atoms with Crippen LogP contribution in [-0.2, 0) is 21.5 Å². The number of nitrogens with zero attached hydrogens (tertiary/aromatic N) is 2. The van der Waals surface area contributed by atoms with E-state index in [1.165, 1.54) is 24.3 Å². The Morgan fingerprint density at radius 2 is 1.57 bits per heavy atom. The number of hydrogen-bond acceptors (Lipinski definition) is 6. The van der Waals surface area contributed by atoms with Crippen molar-refractivity contribution < 1.29 is 23.9 Å². The van der Waals surface area contributed by atoms with Gasteiger partial charge in [0.2, 0.25) is 0 Å². The number of carbonyl (C=O) groups is 4. The summed E-state index contributed by atoms with van der Waals surface area (Å²) in [5.41, 5.74) is 3.91. The molecule has 3 aromatic rings. The van der Waals surface area contributed by atoms with Crippen molar-refractivity contribution in [1.29, 1.82) is 0 Å². The first-order valence-corrected chi connectivity index (χ1v) is 12.0. The largest absolute Gasteiger partial charge is 0.454 e. The number of para-hydroxylation sites is 1. The van der Waals surface area contributed by atoms with Crippen LogP contribution in [0.25, 0.3) is 0 Å². The van der Waals surface area contributed by atoms with Gasteiger partial charge in [0, 0.05) is 29.9 Å². The number of imide groups is 1. The molecule has 0 saturated carbocycles. The number of likely N-dealkylation sites (N-methyl/N-ethyl adjacent to an activating group) is 1. The third-order valence-corrected chi connectivity index (χ3v) is 6.97. The molecule has 37 heavy (non-hydrogen) atoms. The van der Waals surface area contributed by atoms with Gasteiger partial charge >= 0.3 is 5.97 Å². The van der Waals surface area contributed by atoms with Crippen LogP contribution in [0, 0.1) is 0 Å². The van der Waals surface area contributed by atoms with Crippen LogP contribution in [0.3, 0.4) is 0 Å². The van der Waals surface area contributed by atoms with Crippen LogP contribution >= 0.6 is 0 Å². The zero-order valence-corrected chi connectivity index (χ0v) is 20.9. The topological polar surface area (TPSA) is 84.0 Å². The molecular formula is C30H26N2O5. The Morgan fingerprint density at radius 1 is 0.892 bits per heavy atom. The second-order valence-electron chi connectivity index (χ2n) is 9.72. The van der Waals surface area contributed by atoms with Gasteiger partial charge in [-0.3, -0.25) is 19.3 Å². The summed E-state index contributed by atoms with van der Waals surface area (Å²) in [6, 6.07) is 21.4. The highest BCUT2D eigenvalue weighted by molar-refractivity contribution is 6.21. The van der Waals surface area contributed by atoms with E-state index in [0.29, 0.717) is 0 Å². The van der Waals surface area contributed by atoms with Crippen molar-refractivity contribution in [3.63, 3.8) is 0 Å². The quantitative estimate of drug-likeness (QED) is 0.285. The molecule has 0 spiro atoms. The number of esters is 1. The van der Waals surface area contributed by atoms with Crippen LogP contribution in [-0.4, -0.2) is 42.1 Å². The van der Waals surface area contributed by atoms with E-state index in [1.54, 1.807) is 0 Å². The van der Waals surface area contributed by atoms with Gasteiger partial charge in [0.25, 0.3) is 11.8 Å². The molecule has 0 N–H and O–H groups in total. The lowest BCUT2D eigenvalue weighted by molar-refractivity contribution is -0.117. The Hall–Kier alpha value is -4.52. The van der Waals surface area contributed by atoms with E-state index in [1.807, 2.05) is 80.4 Å². The van der Waals surface area contributed by atoms with E-state index >= 15 is 0 Å². The Morgan fingerprint density at radius 3 is 2.30 bits per heavy atom. The first-order valence-electron chi connectivity index (χ1n) is 12.0. The number of ether oxygens (including phenoxy) is 1. The molecule has 0 fully saturated rings. The molecule has 0 unspecified atom stereocenters. The van der Waals surface area contributed by atoms with E-state index in [-0.39, 0.29) is 34.4 Å². The molecule has 0 bridgehead atoms. The van der Waals surface area contributed by atoms with Crippen molar-refractivity contribution in [2.75, 3.05) is 18.6 Å². The normalized spacial score (nSPS) is 16.7. The Bertz CT molecular complexity index is 1470. The maximum Gasteiger partial charge on any atom is 0.338 e. The van der Waals surface area contributed by atoms with E-state index in [9.17, 15) is 19.2 Å². The summed E-state index contributed by atoms with van der Waals surface area (Å²) >= 11 is 0. The number of amides is 2. The van der Waals surface area contributed by atoms with Crippen molar-refractivity contribution in [2.45, 2.75) is 25.8 Å².